The average molecular weight is 370 g/mol. The van der Waals surface area contributed by atoms with Crippen LogP contribution in [0.1, 0.15) is 75.3 Å². The van der Waals surface area contributed by atoms with Gasteiger partial charge in [0, 0.05) is 6.61 Å². The van der Waals surface area contributed by atoms with Gasteiger partial charge in [-0.15, -0.1) is 0 Å². The minimum Gasteiger partial charge on any atom is -0.378 e. The van der Waals surface area contributed by atoms with E-state index in [0.717, 1.165) is 49.4 Å². The van der Waals surface area contributed by atoms with Crippen molar-refractivity contribution in [3.63, 3.8) is 0 Å². The van der Waals surface area contributed by atoms with Crippen molar-refractivity contribution in [3.05, 3.63) is 47.3 Å². The van der Waals surface area contributed by atoms with Crippen LogP contribution in [0.15, 0.2) is 30.4 Å². The van der Waals surface area contributed by atoms with E-state index in [1.807, 2.05) is 19.1 Å². The molecular formula is C24H32FNO. The lowest BCUT2D eigenvalue weighted by Gasteiger charge is -2.37. The van der Waals surface area contributed by atoms with E-state index in [9.17, 15) is 4.39 Å². The molecule has 1 aromatic rings. The van der Waals surface area contributed by atoms with E-state index in [-0.39, 0.29) is 5.82 Å². The fourth-order valence-electron chi connectivity index (χ4n) is 5.07. The van der Waals surface area contributed by atoms with Crippen LogP contribution < -0.4 is 0 Å². The van der Waals surface area contributed by atoms with Gasteiger partial charge < -0.3 is 4.74 Å². The van der Waals surface area contributed by atoms with Gasteiger partial charge in [-0.05, 0) is 99.7 Å². The lowest BCUT2D eigenvalue weighted by Crippen LogP contribution is -2.25. The highest BCUT2D eigenvalue weighted by Crippen LogP contribution is 2.44. The van der Waals surface area contributed by atoms with Gasteiger partial charge in [-0.2, -0.15) is 5.26 Å². The van der Waals surface area contributed by atoms with Crippen molar-refractivity contribution >= 4 is 0 Å². The normalized spacial score (nSPS) is 28.9. The summed E-state index contributed by atoms with van der Waals surface area (Å²) in [5, 5.41) is 8.91. The Kier molecular flexibility index (Phi) is 7.47. The SMILES string of the molecule is CCOC/C=C/C1CCC(C2CCC(c3ccc(C#N)cc3F)CC2)CC1. The minimum absolute atomic E-state index is 0.197. The van der Waals surface area contributed by atoms with Crippen LogP contribution >= 0.6 is 0 Å². The summed E-state index contributed by atoms with van der Waals surface area (Å²) in [5.41, 5.74) is 1.23. The fourth-order valence-corrected chi connectivity index (χ4v) is 5.07. The Balaban J connectivity index is 1.45. The Labute approximate surface area is 163 Å². The molecule has 146 valence electrons. The zero-order valence-electron chi connectivity index (χ0n) is 16.5. The monoisotopic (exact) mass is 369 g/mol. The van der Waals surface area contributed by atoms with Crippen LogP contribution in [0.2, 0.25) is 0 Å². The molecule has 0 N–H and O–H groups in total. The maximum absolute atomic E-state index is 14.3. The Morgan fingerprint density at radius 3 is 2.33 bits per heavy atom. The number of hydrogen-bond donors (Lipinski definition) is 0. The third kappa shape index (κ3) is 5.42. The third-order valence-corrected chi connectivity index (χ3v) is 6.65. The van der Waals surface area contributed by atoms with Crippen LogP contribution in [-0.2, 0) is 4.74 Å². The summed E-state index contributed by atoms with van der Waals surface area (Å²) < 4.78 is 19.7. The summed E-state index contributed by atoms with van der Waals surface area (Å²) in [6.07, 6.45) is 14.4. The molecule has 3 rings (SSSR count). The van der Waals surface area contributed by atoms with Gasteiger partial charge in [-0.1, -0.05) is 18.2 Å². The summed E-state index contributed by atoms with van der Waals surface area (Å²) in [6.45, 7) is 3.56. The molecule has 2 aliphatic rings. The van der Waals surface area contributed by atoms with E-state index in [1.54, 1.807) is 6.07 Å². The summed E-state index contributed by atoms with van der Waals surface area (Å²) in [4.78, 5) is 0. The van der Waals surface area contributed by atoms with Crippen molar-refractivity contribution in [2.24, 2.45) is 17.8 Å². The lowest BCUT2D eigenvalue weighted by molar-refractivity contribution is 0.168. The van der Waals surface area contributed by atoms with Gasteiger partial charge in [0.25, 0.3) is 0 Å². The quantitative estimate of drug-likeness (QED) is 0.431. The minimum atomic E-state index is -0.197. The van der Waals surface area contributed by atoms with E-state index in [0.29, 0.717) is 11.5 Å². The number of ether oxygens (including phenoxy) is 1. The summed E-state index contributed by atoms with van der Waals surface area (Å²) >= 11 is 0. The number of rotatable bonds is 6. The van der Waals surface area contributed by atoms with Crippen molar-refractivity contribution < 1.29 is 9.13 Å². The number of nitrogens with zero attached hydrogens (tertiary/aromatic N) is 1. The molecule has 2 fully saturated rings. The Morgan fingerprint density at radius 2 is 1.74 bits per heavy atom. The highest BCUT2D eigenvalue weighted by molar-refractivity contribution is 5.34. The van der Waals surface area contributed by atoms with Gasteiger partial charge in [0.15, 0.2) is 0 Å². The number of allylic oxidation sites excluding steroid dienone is 1. The molecule has 0 aromatic heterocycles. The Bertz CT molecular complexity index is 661. The van der Waals surface area contributed by atoms with Crippen LogP contribution in [-0.4, -0.2) is 13.2 Å². The van der Waals surface area contributed by atoms with Gasteiger partial charge in [0.05, 0.1) is 18.2 Å². The summed E-state index contributed by atoms with van der Waals surface area (Å²) in [6, 6.07) is 7.00. The molecule has 0 aliphatic heterocycles. The number of nitriles is 1. The molecule has 2 nitrogen and oxygen atoms in total. The third-order valence-electron chi connectivity index (χ3n) is 6.65. The van der Waals surface area contributed by atoms with Gasteiger partial charge in [-0.3, -0.25) is 0 Å². The van der Waals surface area contributed by atoms with Crippen molar-refractivity contribution in [2.45, 2.75) is 64.2 Å². The molecule has 0 atom stereocenters. The maximum atomic E-state index is 14.3. The first-order valence-electron chi connectivity index (χ1n) is 10.6. The molecule has 0 radical (unpaired) electrons. The van der Waals surface area contributed by atoms with E-state index < -0.39 is 0 Å². The number of benzene rings is 1. The highest BCUT2D eigenvalue weighted by Gasteiger charge is 2.31. The molecule has 0 spiro atoms. The molecule has 0 amide bonds. The topological polar surface area (TPSA) is 33.0 Å². The Morgan fingerprint density at radius 1 is 1.07 bits per heavy atom. The molecule has 2 saturated carbocycles. The van der Waals surface area contributed by atoms with Crippen molar-refractivity contribution in [3.8, 4) is 6.07 Å². The van der Waals surface area contributed by atoms with Gasteiger partial charge in [0.1, 0.15) is 5.82 Å². The zero-order valence-corrected chi connectivity index (χ0v) is 16.5. The van der Waals surface area contributed by atoms with Crippen molar-refractivity contribution in [1.29, 1.82) is 5.26 Å². The molecule has 2 aliphatic carbocycles. The molecule has 0 saturated heterocycles. The smallest absolute Gasteiger partial charge is 0.127 e. The predicted molar refractivity (Wildman–Crippen MR) is 107 cm³/mol. The van der Waals surface area contributed by atoms with Crippen molar-refractivity contribution in [1.82, 2.24) is 0 Å². The van der Waals surface area contributed by atoms with Crippen molar-refractivity contribution in [2.75, 3.05) is 13.2 Å². The zero-order chi connectivity index (χ0) is 19.1. The second-order valence-corrected chi connectivity index (χ2v) is 8.22. The lowest BCUT2D eigenvalue weighted by atomic mass is 9.68. The van der Waals surface area contributed by atoms with Crippen LogP contribution in [0.3, 0.4) is 0 Å². The van der Waals surface area contributed by atoms with E-state index in [4.69, 9.17) is 10.00 Å². The van der Waals surface area contributed by atoms with E-state index in [2.05, 4.69) is 12.2 Å². The second-order valence-electron chi connectivity index (χ2n) is 8.22. The average Bonchev–Trinajstić information content (AvgIpc) is 2.72. The van der Waals surface area contributed by atoms with E-state index in [1.165, 1.54) is 44.6 Å². The number of hydrogen-bond acceptors (Lipinski definition) is 2. The first-order valence-corrected chi connectivity index (χ1v) is 10.6. The molecule has 0 unspecified atom stereocenters. The van der Waals surface area contributed by atoms with Crippen LogP contribution in [0, 0.1) is 34.9 Å². The molecular weight excluding hydrogens is 337 g/mol. The second kappa shape index (κ2) is 10.0. The van der Waals surface area contributed by atoms with E-state index >= 15 is 0 Å². The standard InChI is InChI=1S/C24H32FNO/c1-2-27-15-3-4-18-5-8-20(9-6-18)21-10-12-22(13-11-21)23-14-7-19(17-26)16-24(23)25/h3-4,7,14,16,18,20-22H,2,5-6,8-13,15H2,1H3/b4-3+. The molecule has 27 heavy (non-hydrogen) atoms. The fraction of sp³-hybridized carbons (Fsp3) is 0.625. The largest absolute Gasteiger partial charge is 0.378 e. The van der Waals surface area contributed by atoms with Gasteiger partial charge in [-0.25, -0.2) is 4.39 Å². The maximum Gasteiger partial charge on any atom is 0.127 e. The molecule has 0 heterocycles. The van der Waals surface area contributed by atoms with Crippen LogP contribution in [0.5, 0.6) is 0 Å². The molecule has 1 aromatic carbocycles. The van der Waals surface area contributed by atoms with Gasteiger partial charge in [0.2, 0.25) is 0 Å². The number of halogens is 1. The Hall–Kier alpha value is -1.66. The van der Waals surface area contributed by atoms with Crippen LogP contribution in [0.4, 0.5) is 4.39 Å². The highest BCUT2D eigenvalue weighted by atomic mass is 19.1. The first-order chi connectivity index (χ1) is 13.2. The predicted octanol–water partition coefficient (Wildman–Crippen LogP) is 6.37. The van der Waals surface area contributed by atoms with Gasteiger partial charge >= 0.3 is 0 Å². The summed E-state index contributed by atoms with van der Waals surface area (Å²) in [7, 11) is 0. The molecule has 3 heteroatoms. The summed E-state index contributed by atoms with van der Waals surface area (Å²) in [5.74, 6) is 2.53. The van der Waals surface area contributed by atoms with Crippen LogP contribution in [0.25, 0.3) is 0 Å². The molecule has 0 bridgehead atoms. The first kappa shape index (κ1) is 20.1.